The maximum Gasteiger partial charge on any atom is 0.263 e. The van der Waals surface area contributed by atoms with Crippen molar-refractivity contribution in [1.82, 2.24) is 14.9 Å². The number of hydrogen-bond donors (Lipinski definition) is 1. The highest BCUT2D eigenvalue weighted by Gasteiger charge is 2.17. The molecule has 1 aromatic carbocycles. The molecule has 1 amide bonds. The van der Waals surface area contributed by atoms with Gasteiger partial charge in [0.05, 0.1) is 18.3 Å². The second-order valence-electron chi connectivity index (χ2n) is 5.74. The highest BCUT2D eigenvalue weighted by Crippen LogP contribution is 2.35. The Morgan fingerprint density at radius 2 is 2.08 bits per heavy atom. The largest absolute Gasteiger partial charge is 0.383 e. The predicted octanol–water partition coefficient (Wildman–Crippen LogP) is 2.85. The number of thiophene rings is 1. The average Bonchev–Trinajstić information content (AvgIpc) is 2.95. The van der Waals surface area contributed by atoms with E-state index in [1.807, 2.05) is 19.1 Å². The molecule has 0 radical (unpaired) electrons. The summed E-state index contributed by atoms with van der Waals surface area (Å²) in [6.07, 6.45) is 1.42. The SMILES string of the molecule is COCCNC(=O)Cn1cnc2sc(C)c(-c3ccc(Cl)cc3)c2c1=O. The van der Waals surface area contributed by atoms with Crippen molar-refractivity contribution in [2.45, 2.75) is 13.5 Å². The van der Waals surface area contributed by atoms with E-state index in [-0.39, 0.29) is 18.0 Å². The Hall–Kier alpha value is -2.22. The first-order valence-corrected chi connectivity index (χ1v) is 9.21. The van der Waals surface area contributed by atoms with E-state index in [9.17, 15) is 9.59 Å². The van der Waals surface area contributed by atoms with Crippen LogP contribution in [0, 0.1) is 6.92 Å². The first-order chi connectivity index (χ1) is 12.5. The number of rotatable bonds is 6. The van der Waals surface area contributed by atoms with Crippen LogP contribution in [-0.2, 0) is 16.1 Å². The molecule has 6 nitrogen and oxygen atoms in total. The Morgan fingerprint density at radius 3 is 2.77 bits per heavy atom. The molecule has 8 heteroatoms. The number of aromatic nitrogens is 2. The van der Waals surface area contributed by atoms with Gasteiger partial charge in [-0.2, -0.15) is 0 Å². The van der Waals surface area contributed by atoms with Crippen LogP contribution in [0.15, 0.2) is 35.4 Å². The van der Waals surface area contributed by atoms with Gasteiger partial charge >= 0.3 is 0 Å². The van der Waals surface area contributed by atoms with E-state index in [4.69, 9.17) is 16.3 Å². The van der Waals surface area contributed by atoms with Crippen LogP contribution in [0.3, 0.4) is 0 Å². The number of amides is 1. The zero-order chi connectivity index (χ0) is 18.7. The van der Waals surface area contributed by atoms with Crippen LogP contribution in [0.2, 0.25) is 5.02 Å². The fourth-order valence-corrected chi connectivity index (χ4v) is 3.85. The summed E-state index contributed by atoms with van der Waals surface area (Å²) in [7, 11) is 1.56. The van der Waals surface area contributed by atoms with Gasteiger partial charge in [0.1, 0.15) is 11.4 Å². The Bertz CT molecular complexity index is 995. The van der Waals surface area contributed by atoms with Crippen LogP contribution in [0.1, 0.15) is 4.88 Å². The van der Waals surface area contributed by atoms with Gasteiger partial charge in [0.2, 0.25) is 5.91 Å². The third-order valence-corrected chi connectivity index (χ3v) is 5.20. The Morgan fingerprint density at radius 1 is 1.35 bits per heavy atom. The number of halogens is 1. The Kier molecular flexibility index (Phi) is 5.70. The quantitative estimate of drug-likeness (QED) is 0.656. The Balaban J connectivity index is 2.00. The third-order valence-electron chi connectivity index (χ3n) is 3.93. The van der Waals surface area contributed by atoms with E-state index >= 15 is 0 Å². The van der Waals surface area contributed by atoms with E-state index in [2.05, 4.69) is 10.3 Å². The lowest BCUT2D eigenvalue weighted by molar-refractivity contribution is -0.121. The van der Waals surface area contributed by atoms with Crippen LogP contribution in [0.4, 0.5) is 0 Å². The monoisotopic (exact) mass is 391 g/mol. The zero-order valence-corrected chi connectivity index (χ0v) is 16.0. The molecular formula is C18H18ClN3O3S. The fraction of sp³-hybridized carbons (Fsp3) is 0.278. The van der Waals surface area contributed by atoms with Gasteiger partial charge in [-0.25, -0.2) is 4.98 Å². The normalized spacial score (nSPS) is 11.0. The molecule has 0 saturated heterocycles. The van der Waals surface area contributed by atoms with Crippen LogP contribution in [0.25, 0.3) is 21.3 Å². The Labute approximate surface area is 159 Å². The van der Waals surface area contributed by atoms with E-state index in [0.29, 0.717) is 28.4 Å². The van der Waals surface area contributed by atoms with Crippen molar-refractivity contribution < 1.29 is 9.53 Å². The number of nitrogens with zero attached hydrogens (tertiary/aromatic N) is 2. The van der Waals surface area contributed by atoms with Crippen molar-refractivity contribution in [3.05, 3.63) is 50.8 Å². The molecular weight excluding hydrogens is 374 g/mol. The smallest absolute Gasteiger partial charge is 0.263 e. The third kappa shape index (κ3) is 3.80. The first kappa shape index (κ1) is 18.6. The summed E-state index contributed by atoms with van der Waals surface area (Å²) in [6, 6.07) is 7.34. The minimum absolute atomic E-state index is 0.0829. The fourth-order valence-electron chi connectivity index (χ4n) is 2.72. The number of nitrogens with one attached hydrogen (secondary N) is 1. The summed E-state index contributed by atoms with van der Waals surface area (Å²) >= 11 is 7.43. The molecule has 1 N–H and O–H groups in total. The number of carbonyl (C=O) groups is 1. The molecule has 0 atom stereocenters. The minimum Gasteiger partial charge on any atom is -0.383 e. The zero-order valence-electron chi connectivity index (χ0n) is 14.4. The number of benzene rings is 1. The summed E-state index contributed by atoms with van der Waals surface area (Å²) in [5.74, 6) is -0.259. The van der Waals surface area contributed by atoms with Gasteiger partial charge in [-0.05, 0) is 24.6 Å². The van der Waals surface area contributed by atoms with E-state index < -0.39 is 0 Å². The molecule has 0 fully saturated rings. The molecule has 0 bridgehead atoms. The second kappa shape index (κ2) is 7.99. The van der Waals surface area contributed by atoms with Crippen molar-refractivity contribution in [2.24, 2.45) is 0 Å². The molecule has 0 aliphatic carbocycles. The second-order valence-corrected chi connectivity index (χ2v) is 7.38. The number of aryl methyl sites for hydroxylation is 1. The summed E-state index contributed by atoms with van der Waals surface area (Å²) < 4.78 is 6.23. The van der Waals surface area contributed by atoms with Gasteiger partial charge in [-0.3, -0.25) is 14.2 Å². The lowest BCUT2D eigenvalue weighted by Gasteiger charge is -2.07. The molecule has 0 aliphatic heterocycles. The summed E-state index contributed by atoms with van der Waals surface area (Å²) in [6.45, 7) is 2.69. The maximum absolute atomic E-state index is 13.0. The van der Waals surface area contributed by atoms with Crippen molar-refractivity contribution >= 4 is 39.1 Å². The predicted molar refractivity (Wildman–Crippen MR) is 104 cm³/mol. The maximum atomic E-state index is 13.0. The number of hydrogen-bond acceptors (Lipinski definition) is 5. The van der Waals surface area contributed by atoms with Crippen molar-refractivity contribution in [1.29, 1.82) is 0 Å². The van der Waals surface area contributed by atoms with Crippen LogP contribution in [-0.4, -0.2) is 35.7 Å². The highest BCUT2D eigenvalue weighted by atomic mass is 35.5. The van der Waals surface area contributed by atoms with Crippen LogP contribution < -0.4 is 10.9 Å². The standard InChI is InChI=1S/C18H18ClN3O3S/c1-11-15(12-3-5-13(19)6-4-12)16-17(26-11)21-10-22(18(16)24)9-14(23)20-7-8-25-2/h3-6,10H,7-9H2,1-2H3,(H,20,23). The molecule has 3 aromatic rings. The van der Waals surface area contributed by atoms with Crippen molar-refractivity contribution in [3.63, 3.8) is 0 Å². The molecule has 0 aliphatic rings. The molecule has 0 saturated carbocycles. The van der Waals surface area contributed by atoms with Gasteiger partial charge in [0, 0.05) is 29.1 Å². The molecule has 0 spiro atoms. The van der Waals surface area contributed by atoms with E-state index in [0.717, 1.165) is 16.0 Å². The number of ether oxygens (including phenoxy) is 1. The highest BCUT2D eigenvalue weighted by molar-refractivity contribution is 7.19. The lowest BCUT2D eigenvalue weighted by atomic mass is 10.0. The van der Waals surface area contributed by atoms with Crippen molar-refractivity contribution in [2.75, 3.05) is 20.3 Å². The molecule has 2 aromatic heterocycles. The van der Waals surface area contributed by atoms with E-state index in [1.54, 1.807) is 19.2 Å². The van der Waals surface area contributed by atoms with Gasteiger partial charge in [-0.15, -0.1) is 11.3 Å². The van der Waals surface area contributed by atoms with Crippen LogP contribution in [0.5, 0.6) is 0 Å². The van der Waals surface area contributed by atoms with Gasteiger partial charge in [0.15, 0.2) is 0 Å². The molecule has 2 heterocycles. The van der Waals surface area contributed by atoms with Gasteiger partial charge in [-0.1, -0.05) is 23.7 Å². The summed E-state index contributed by atoms with van der Waals surface area (Å²) in [4.78, 5) is 31.0. The average molecular weight is 392 g/mol. The lowest BCUT2D eigenvalue weighted by Crippen LogP contribution is -2.34. The molecule has 3 rings (SSSR count). The molecule has 136 valence electrons. The van der Waals surface area contributed by atoms with E-state index in [1.165, 1.54) is 22.2 Å². The molecule has 26 heavy (non-hydrogen) atoms. The first-order valence-electron chi connectivity index (χ1n) is 8.01. The van der Waals surface area contributed by atoms with Gasteiger partial charge in [0.25, 0.3) is 5.56 Å². The summed E-state index contributed by atoms with van der Waals surface area (Å²) in [5, 5.41) is 3.86. The topological polar surface area (TPSA) is 73.2 Å². The van der Waals surface area contributed by atoms with Crippen LogP contribution >= 0.6 is 22.9 Å². The van der Waals surface area contributed by atoms with Crippen molar-refractivity contribution in [3.8, 4) is 11.1 Å². The van der Waals surface area contributed by atoms with Gasteiger partial charge < -0.3 is 10.1 Å². The molecule has 0 unspecified atom stereocenters. The minimum atomic E-state index is -0.259. The number of methoxy groups -OCH3 is 1. The summed E-state index contributed by atoms with van der Waals surface area (Å²) in [5.41, 5.74) is 1.51. The number of carbonyl (C=O) groups excluding carboxylic acids is 1. The number of fused-ring (bicyclic) bond motifs is 1.